The van der Waals surface area contributed by atoms with Gasteiger partial charge in [-0.05, 0) is 12.1 Å². The summed E-state index contributed by atoms with van der Waals surface area (Å²) in [6.45, 7) is 2.75. The molecule has 1 amide bonds. The van der Waals surface area contributed by atoms with Gasteiger partial charge in [0, 0.05) is 44.7 Å². The molecule has 196 valence electrons. The number of fused-ring (bicyclic) bond motifs is 1. The number of β-amino-alcohol motifs (C(OH)–C–C–N with tert-alkyl or cyclic N) is 1. The quantitative estimate of drug-likeness (QED) is 0.420. The van der Waals surface area contributed by atoms with Crippen LogP contribution in [0, 0.1) is 11.7 Å². The number of aliphatic hydroxyl groups is 1. The van der Waals surface area contributed by atoms with Crippen molar-refractivity contribution >= 4 is 35.0 Å². The van der Waals surface area contributed by atoms with E-state index in [9.17, 15) is 19.1 Å². The van der Waals surface area contributed by atoms with Gasteiger partial charge in [-0.15, -0.1) is 12.4 Å². The standard InChI is InChI=1S/C24H25FN6O5.ClH/c25-16-6-28-17-1-2-22(34)31-15(11-36-24(16)23(17)31)9-30-8-13(19(32)10-30)4-26-5-14-3-18-20(7-27-14)35-12-21(33)29-18;/h1-3,6-7,13,15,19,26,32H,4-5,8-12H2,(H,29,33);1H/t13-,15+,19-;/m0./s1. The zero-order chi connectivity index (χ0) is 24.8. The first-order chi connectivity index (χ1) is 17.5. The van der Waals surface area contributed by atoms with Gasteiger partial charge in [-0.1, -0.05) is 0 Å². The average molecular weight is 533 g/mol. The summed E-state index contributed by atoms with van der Waals surface area (Å²) in [4.78, 5) is 34.8. The molecule has 0 saturated carbocycles. The van der Waals surface area contributed by atoms with Crippen molar-refractivity contribution in [3.8, 4) is 11.5 Å². The molecule has 3 aromatic rings. The van der Waals surface area contributed by atoms with E-state index in [0.29, 0.717) is 55.2 Å². The summed E-state index contributed by atoms with van der Waals surface area (Å²) in [7, 11) is 0. The van der Waals surface area contributed by atoms with Crippen LogP contribution in [0.15, 0.2) is 35.4 Å². The van der Waals surface area contributed by atoms with E-state index >= 15 is 0 Å². The molecule has 0 bridgehead atoms. The van der Waals surface area contributed by atoms with Crippen LogP contribution in [0.4, 0.5) is 10.1 Å². The maximum Gasteiger partial charge on any atom is 0.262 e. The molecule has 0 radical (unpaired) electrons. The Hall–Kier alpha value is -3.32. The van der Waals surface area contributed by atoms with Gasteiger partial charge in [0.1, 0.15) is 12.1 Å². The average Bonchev–Trinajstić information content (AvgIpc) is 3.21. The summed E-state index contributed by atoms with van der Waals surface area (Å²) < 4.78 is 26.9. The van der Waals surface area contributed by atoms with Crippen molar-refractivity contribution in [1.82, 2.24) is 24.8 Å². The van der Waals surface area contributed by atoms with Crippen LogP contribution in [0.5, 0.6) is 11.5 Å². The van der Waals surface area contributed by atoms with Crippen LogP contribution in [0.25, 0.3) is 11.0 Å². The maximum atomic E-state index is 14.3. The van der Waals surface area contributed by atoms with Crippen LogP contribution in [-0.4, -0.2) is 75.9 Å². The lowest BCUT2D eigenvalue weighted by Crippen LogP contribution is -2.40. The van der Waals surface area contributed by atoms with E-state index in [-0.39, 0.29) is 54.8 Å². The fourth-order valence-electron chi connectivity index (χ4n) is 5.16. The number of likely N-dealkylation sites (tertiary alicyclic amines) is 1. The van der Waals surface area contributed by atoms with Crippen LogP contribution in [-0.2, 0) is 11.3 Å². The van der Waals surface area contributed by atoms with Crippen LogP contribution in [0.1, 0.15) is 11.7 Å². The van der Waals surface area contributed by atoms with Gasteiger partial charge in [0.15, 0.2) is 23.9 Å². The lowest BCUT2D eigenvalue weighted by molar-refractivity contribution is -0.118. The van der Waals surface area contributed by atoms with E-state index < -0.39 is 11.9 Å². The fourth-order valence-corrected chi connectivity index (χ4v) is 5.16. The van der Waals surface area contributed by atoms with E-state index in [1.807, 2.05) is 0 Å². The molecule has 0 spiro atoms. The van der Waals surface area contributed by atoms with Gasteiger partial charge < -0.3 is 25.2 Å². The zero-order valence-electron chi connectivity index (χ0n) is 19.7. The zero-order valence-corrected chi connectivity index (χ0v) is 20.5. The number of anilines is 1. The lowest BCUT2D eigenvalue weighted by atomic mass is 10.1. The molecule has 3 aliphatic heterocycles. The monoisotopic (exact) mass is 532 g/mol. The number of aliphatic hydroxyl groups excluding tert-OH is 1. The summed E-state index contributed by atoms with van der Waals surface area (Å²) in [6.07, 6.45) is 2.15. The molecule has 3 aliphatic rings. The van der Waals surface area contributed by atoms with Gasteiger partial charge in [0.2, 0.25) is 0 Å². The van der Waals surface area contributed by atoms with Gasteiger partial charge in [-0.3, -0.25) is 29.0 Å². The number of hydrogen-bond donors (Lipinski definition) is 3. The highest BCUT2D eigenvalue weighted by Gasteiger charge is 2.34. The number of nitrogens with zero attached hydrogens (tertiary/aromatic N) is 4. The van der Waals surface area contributed by atoms with E-state index in [2.05, 4.69) is 25.5 Å². The highest BCUT2D eigenvalue weighted by atomic mass is 35.5. The molecular weight excluding hydrogens is 507 g/mol. The first kappa shape index (κ1) is 25.3. The molecule has 13 heteroatoms. The first-order valence-corrected chi connectivity index (χ1v) is 11.8. The van der Waals surface area contributed by atoms with Gasteiger partial charge in [-0.2, -0.15) is 0 Å². The number of carbonyl (C=O) groups excluding carboxylic acids is 1. The number of pyridine rings is 3. The highest BCUT2D eigenvalue weighted by Crippen LogP contribution is 2.33. The van der Waals surface area contributed by atoms with Gasteiger partial charge in [0.05, 0.1) is 41.4 Å². The van der Waals surface area contributed by atoms with Crippen LogP contribution >= 0.6 is 12.4 Å². The van der Waals surface area contributed by atoms with E-state index in [0.717, 1.165) is 11.9 Å². The van der Waals surface area contributed by atoms with Crippen molar-refractivity contribution in [1.29, 1.82) is 0 Å². The molecule has 0 aromatic carbocycles. The molecular formula is C24H26ClFN6O5. The van der Waals surface area contributed by atoms with Gasteiger partial charge in [-0.25, -0.2) is 4.39 Å². The predicted octanol–water partition coefficient (Wildman–Crippen LogP) is 0.699. The van der Waals surface area contributed by atoms with E-state index in [1.165, 1.54) is 6.07 Å². The Balaban J connectivity index is 0.00000280. The number of halogens is 2. The van der Waals surface area contributed by atoms with Crippen molar-refractivity contribution < 1.29 is 23.8 Å². The van der Waals surface area contributed by atoms with Crippen molar-refractivity contribution in [3.63, 3.8) is 0 Å². The molecule has 1 saturated heterocycles. The molecule has 37 heavy (non-hydrogen) atoms. The Labute approximate surface area is 217 Å². The molecule has 3 aromatic heterocycles. The number of aromatic nitrogens is 3. The SMILES string of the molecule is Cl.O=C1COc2cnc(CNC[C@H]3CN(C[C@@H]4COc5c(F)cnc6ccc(=O)n4c56)C[C@@H]3O)cc2N1. The third-order valence-corrected chi connectivity index (χ3v) is 6.86. The minimum absolute atomic E-state index is 0. The Morgan fingerprint density at radius 3 is 2.92 bits per heavy atom. The largest absolute Gasteiger partial charge is 0.486 e. The molecule has 0 unspecified atom stereocenters. The predicted molar refractivity (Wildman–Crippen MR) is 134 cm³/mol. The second-order valence-electron chi connectivity index (χ2n) is 9.36. The van der Waals surface area contributed by atoms with Crippen molar-refractivity contribution in [2.24, 2.45) is 5.92 Å². The van der Waals surface area contributed by atoms with Crippen LogP contribution < -0.4 is 25.7 Å². The molecule has 3 atom stereocenters. The number of carbonyl (C=O) groups is 1. The maximum absolute atomic E-state index is 14.3. The molecule has 6 heterocycles. The minimum Gasteiger partial charge on any atom is -0.486 e. The Bertz CT molecular complexity index is 1400. The normalized spacial score (nSPS) is 22.5. The highest BCUT2D eigenvalue weighted by molar-refractivity contribution is 5.95. The topological polar surface area (TPSA) is 131 Å². The number of nitrogens with one attached hydrogen (secondary N) is 2. The summed E-state index contributed by atoms with van der Waals surface area (Å²) in [5, 5.41) is 16.7. The molecule has 11 nitrogen and oxygen atoms in total. The molecule has 6 rings (SSSR count). The van der Waals surface area contributed by atoms with Gasteiger partial charge in [0.25, 0.3) is 11.5 Å². The number of rotatable bonds is 6. The number of amides is 1. The minimum atomic E-state index is -0.591. The lowest BCUT2D eigenvalue weighted by Gasteiger charge is -2.30. The van der Waals surface area contributed by atoms with E-state index in [1.54, 1.807) is 22.9 Å². The fraction of sp³-hybridized carbons (Fsp3) is 0.417. The Morgan fingerprint density at radius 1 is 1.19 bits per heavy atom. The number of hydrogen-bond acceptors (Lipinski definition) is 9. The number of ether oxygens (including phenoxy) is 2. The van der Waals surface area contributed by atoms with Crippen molar-refractivity contribution in [2.45, 2.75) is 18.7 Å². The Morgan fingerprint density at radius 2 is 2.05 bits per heavy atom. The summed E-state index contributed by atoms with van der Waals surface area (Å²) >= 11 is 0. The van der Waals surface area contributed by atoms with E-state index in [4.69, 9.17) is 9.47 Å². The summed E-state index contributed by atoms with van der Waals surface area (Å²) in [6, 6.07) is 4.46. The smallest absolute Gasteiger partial charge is 0.262 e. The van der Waals surface area contributed by atoms with Crippen molar-refractivity contribution in [2.75, 3.05) is 44.7 Å². The van der Waals surface area contributed by atoms with Gasteiger partial charge >= 0.3 is 0 Å². The Kier molecular flexibility index (Phi) is 6.99. The molecule has 1 fully saturated rings. The second-order valence-corrected chi connectivity index (χ2v) is 9.36. The summed E-state index contributed by atoms with van der Waals surface area (Å²) in [5.41, 5.74) is 1.98. The van der Waals surface area contributed by atoms with Crippen molar-refractivity contribution in [3.05, 3.63) is 52.5 Å². The van der Waals surface area contributed by atoms with Crippen LogP contribution in [0.2, 0.25) is 0 Å². The second kappa shape index (κ2) is 10.2. The molecule has 3 N–H and O–H groups in total. The summed E-state index contributed by atoms with van der Waals surface area (Å²) in [5.74, 6) is -0.212. The third-order valence-electron chi connectivity index (χ3n) is 6.86. The first-order valence-electron chi connectivity index (χ1n) is 11.8. The third kappa shape index (κ3) is 4.85. The van der Waals surface area contributed by atoms with Crippen LogP contribution in [0.3, 0.4) is 0 Å². The molecule has 0 aliphatic carbocycles.